The number of aliphatic carboxylic acids is 1. The number of nitrogens with zero attached hydrogens (tertiary/aromatic N) is 1. The third-order valence-electron chi connectivity index (χ3n) is 2.56. The van der Waals surface area contributed by atoms with Gasteiger partial charge in [-0.25, -0.2) is 4.79 Å². The Labute approximate surface area is 97.7 Å². The summed E-state index contributed by atoms with van der Waals surface area (Å²) in [6.07, 6.45) is 0.324. The molecule has 0 saturated heterocycles. The van der Waals surface area contributed by atoms with Crippen molar-refractivity contribution < 1.29 is 14.7 Å². The van der Waals surface area contributed by atoms with E-state index in [-0.39, 0.29) is 0 Å². The van der Waals surface area contributed by atoms with E-state index in [4.69, 9.17) is 5.11 Å². The van der Waals surface area contributed by atoms with Crippen molar-refractivity contribution in [1.29, 1.82) is 0 Å². The van der Waals surface area contributed by atoms with Gasteiger partial charge in [-0.15, -0.1) is 0 Å². The second-order valence-electron chi connectivity index (χ2n) is 3.76. The monoisotopic (exact) mass is 242 g/mol. The average molecular weight is 242 g/mol. The molecular formula is C10H14N2O3S. The van der Waals surface area contributed by atoms with Crippen LogP contribution in [-0.2, 0) is 4.79 Å². The highest BCUT2D eigenvalue weighted by molar-refractivity contribution is 7.03. The lowest BCUT2D eigenvalue weighted by Crippen LogP contribution is -2.51. The lowest BCUT2D eigenvalue weighted by atomic mass is 9.98. The zero-order valence-electron chi connectivity index (χ0n) is 9.40. The molecule has 6 heteroatoms. The quantitative estimate of drug-likeness (QED) is 0.837. The first-order valence-corrected chi connectivity index (χ1v) is 5.71. The SMILES string of the molecule is CCC(C)(NC(=O)c1csnc1C)C(=O)O. The second-order valence-corrected chi connectivity index (χ2v) is 4.39. The first-order valence-electron chi connectivity index (χ1n) is 4.87. The summed E-state index contributed by atoms with van der Waals surface area (Å²) in [7, 11) is 0. The highest BCUT2D eigenvalue weighted by atomic mass is 32.1. The van der Waals surface area contributed by atoms with E-state index in [0.29, 0.717) is 17.7 Å². The molecule has 1 aromatic rings. The summed E-state index contributed by atoms with van der Waals surface area (Å²) in [4.78, 5) is 22.8. The molecule has 0 aromatic carbocycles. The molecule has 0 aliphatic heterocycles. The van der Waals surface area contributed by atoms with Crippen LogP contribution < -0.4 is 5.32 Å². The van der Waals surface area contributed by atoms with Gasteiger partial charge in [-0.2, -0.15) is 4.37 Å². The predicted molar refractivity (Wildman–Crippen MR) is 60.6 cm³/mol. The molecule has 0 aliphatic carbocycles. The molecule has 16 heavy (non-hydrogen) atoms. The molecule has 2 N–H and O–H groups in total. The number of carbonyl (C=O) groups excluding carboxylic acids is 1. The van der Waals surface area contributed by atoms with Crippen molar-refractivity contribution in [2.45, 2.75) is 32.7 Å². The van der Waals surface area contributed by atoms with Crippen molar-refractivity contribution in [3.8, 4) is 0 Å². The maximum Gasteiger partial charge on any atom is 0.329 e. The molecule has 1 aromatic heterocycles. The van der Waals surface area contributed by atoms with Crippen molar-refractivity contribution in [2.24, 2.45) is 0 Å². The number of hydrogen-bond donors (Lipinski definition) is 2. The molecule has 88 valence electrons. The highest BCUT2D eigenvalue weighted by Gasteiger charge is 2.33. The molecule has 1 unspecified atom stereocenters. The minimum Gasteiger partial charge on any atom is -0.480 e. The molecule has 0 saturated carbocycles. The smallest absolute Gasteiger partial charge is 0.329 e. The number of carboxylic acids is 1. The molecule has 1 amide bonds. The summed E-state index contributed by atoms with van der Waals surface area (Å²) in [6, 6.07) is 0. The molecule has 0 radical (unpaired) electrons. The predicted octanol–water partition coefficient (Wildman–Crippen LogP) is 1.43. The molecule has 0 bridgehead atoms. The number of aryl methyl sites for hydroxylation is 1. The molecule has 0 spiro atoms. The third kappa shape index (κ3) is 2.38. The van der Waals surface area contributed by atoms with Crippen LogP contribution in [0.1, 0.15) is 36.3 Å². The van der Waals surface area contributed by atoms with Gasteiger partial charge in [0.1, 0.15) is 5.54 Å². The van der Waals surface area contributed by atoms with Crippen LogP contribution in [0.15, 0.2) is 5.38 Å². The first-order chi connectivity index (χ1) is 7.40. The summed E-state index contributed by atoms with van der Waals surface area (Å²) < 4.78 is 3.97. The number of nitrogens with one attached hydrogen (secondary N) is 1. The summed E-state index contributed by atoms with van der Waals surface area (Å²) in [5.41, 5.74) is -0.178. The van der Waals surface area contributed by atoms with E-state index in [1.807, 2.05) is 0 Å². The Morgan fingerprint density at radius 3 is 2.62 bits per heavy atom. The first kappa shape index (κ1) is 12.6. The van der Waals surface area contributed by atoms with E-state index in [0.717, 1.165) is 0 Å². The average Bonchev–Trinajstić information content (AvgIpc) is 2.64. The van der Waals surface area contributed by atoms with Gasteiger partial charge in [-0.3, -0.25) is 4.79 Å². The Bertz CT molecular complexity index is 416. The van der Waals surface area contributed by atoms with Gasteiger partial charge >= 0.3 is 5.97 Å². The Hall–Kier alpha value is -1.43. The second kappa shape index (κ2) is 4.61. The van der Waals surface area contributed by atoms with Crippen LogP contribution in [0.3, 0.4) is 0 Å². The number of aromatic nitrogens is 1. The molecule has 5 nitrogen and oxygen atoms in total. The van der Waals surface area contributed by atoms with Crippen molar-refractivity contribution >= 4 is 23.4 Å². The van der Waals surface area contributed by atoms with E-state index < -0.39 is 17.4 Å². The zero-order valence-corrected chi connectivity index (χ0v) is 10.2. The van der Waals surface area contributed by atoms with E-state index in [1.54, 1.807) is 19.2 Å². The van der Waals surface area contributed by atoms with E-state index in [9.17, 15) is 9.59 Å². The summed E-state index contributed by atoms with van der Waals surface area (Å²) in [5, 5.41) is 13.1. The lowest BCUT2D eigenvalue weighted by Gasteiger charge is -2.24. The normalized spacial score (nSPS) is 14.2. The molecule has 0 fully saturated rings. The van der Waals surface area contributed by atoms with Gasteiger partial charge in [-0.1, -0.05) is 6.92 Å². The van der Waals surface area contributed by atoms with Gasteiger partial charge < -0.3 is 10.4 Å². The van der Waals surface area contributed by atoms with Crippen molar-refractivity contribution in [1.82, 2.24) is 9.69 Å². The third-order valence-corrected chi connectivity index (χ3v) is 3.28. The van der Waals surface area contributed by atoms with Crippen molar-refractivity contribution in [3.63, 3.8) is 0 Å². The fourth-order valence-corrected chi connectivity index (χ4v) is 1.81. The Morgan fingerprint density at radius 2 is 2.25 bits per heavy atom. The van der Waals surface area contributed by atoms with Crippen LogP contribution >= 0.6 is 11.5 Å². The van der Waals surface area contributed by atoms with Crippen LogP contribution in [0.2, 0.25) is 0 Å². The van der Waals surface area contributed by atoms with Crippen LogP contribution in [0, 0.1) is 6.92 Å². The van der Waals surface area contributed by atoms with Crippen molar-refractivity contribution in [2.75, 3.05) is 0 Å². The maximum absolute atomic E-state index is 11.8. The number of amides is 1. The minimum atomic E-state index is -1.23. The standard InChI is InChI=1S/C10H14N2O3S/c1-4-10(3,9(14)15)11-8(13)7-5-16-12-6(7)2/h5H,4H2,1-3H3,(H,11,13)(H,14,15). The van der Waals surface area contributed by atoms with Gasteiger partial charge in [0.15, 0.2) is 0 Å². The van der Waals surface area contributed by atoms with Crippen LogP contribution in [0.5, 0.6) is 0 Å². The zero-order chi connectivity index (χ0) is 12.3. The van der Waals surface area contributed by atoms with Crippen LogP contribution in [0.4, 0.5) is 0 Å². The van der Waals surface area contributed by atoms with Gasteiger partial charge in [0.25, 0.3) is 5.91 Å². The van der Waals surface area contributed by atoms with Gasteiger partial charge in [0.2, 0.25) is 0 Å². The summed E-state index contributed by atoms with van der Waals surface area (Å²) >= 11 is 1.18. The van der Waals surface area contributed by atoms with E-state index in [2.05, 4.69) is 9.69 Å². The fourth-order valence-electron chi connectivity index (χ4n) is 1.12. The molecule has 1 rings (SSSR count). The Kier molecular flexibility index (Phi) is 3.64. The van der Waals surface area contributed by atoms with E-state index >= 15 is 0 Å². The lowest BCUT2D eigenvalue weighted by molar-refractivity contribution is -0.143. The van der Waals surface area contributed by atoms with Gasteiger partial charge in [0, 0.05) is 5.38 Å². The number of hydrogen-bond acceptors (Lipinski definition) is 4. The topological polar surface area (TPSA) is 79.3 Å². The van der Waals surface area contributed by atoms with E-state index in [1.165, 1.54) is 18.5 Å². The summed E-state index contributed by atoms with van der Waals surface area (Å²) in [6.45, 7) is 4.92. The molecule has 1 heterocycles. The molecule has 1 atom stereocenters. The number of carboxylic acid groups (broad SMARTS) is 1. The van der Waals surface area contributed by atoms with Crippen LogP contribution in [0.25, 0.3) is 0 Å². The Morgan fingerprint density at radius 1 is 1.62 bits per heavy atom. The number of carbonyl (C=O) groups is 2. The fraction of sp³-hybridized carbons (Fsp3) is 0.500. The molecule has 0 aliphatic rings. The highest BCUT2D eigenvalue weighted by Crippen LogP contribution is 2.14. The van der Waals surface area contributed by atoms with Crippen LogP contribution in [-0.4, -0.2) is 26.9 Å². The minimum absolute atomic E-state index is 0.324. The van der Waals surface area contributed by atoms with Gasteiger partial charge in [-0.05, 0) is 31.8 Å². The maximum atomic E-state index is 11.8. The Balaban J connectivity index is 2.86. The summed E-state index contributed by atoms with van der Waals surface area (Å²) in [5.74, 6) is -1.43. The van der Waals surface area contributed by atoms with Crippen molar-refractivity contribution in [3.05, 3.63) is 16.6 Å². The largest absolute Gasteiger partial charge is 0.480 e. The van der Waals surface area contributed by atoms with Gasteiger partial charge in [0.05, 0.1) is 11.3 Å². The number of rotatable bonds is 4. The molecular weight excluding hydrogens is 228 g/mol.